The molecule has 0 amide bonds. The lowest BCUT2D eigenvalue weighted by atomic mass is 9.99. The van der Waals surface area contributed by atoms with E-state index in [1.165, 1.54) is 39.2 Å². The van der Waals surface area contributed by atoms with Gasteiger partial charge in [-0.3, -0.25) is 14.9 Å². The number of rotatable bonds is 4. The summed E-state index contributed by atoms with van der Waals surface area (Å²) in [4.78, 5) is 14.6. The van der Waals surface area contributed by atoms with Gasteiger partial charge < -0.3 is 4.90 Å². The van der Waals surface area contributed by atoms with Gasteiger partial charge in [0.2, 0.25) is 0 Å². The summed E-state index contributed by atoms with van der Waals surface area (Å²) < 4.78 is 0. The number of anilines is 1. The molecule has 3 aliphatic rings. The van der Waals surface area contributed by atoms with Gasteiger partial charge in [0.25, 0.3) is 0 Å². The van der Waals surface area contributed by atoms with Gasteiger partial charge >= 0.3 is 0 Å². The molecule has 0 N–H and O–H groups in total. The van der Waals surface area contributed by atoms with Crippen molar-refractivity contribution in [3.63, 3.8) is 0 Å². The summed E-state index contributed by atoms with van der Waals surface area (Å²) in [5.74, 6) is 0. The summed E-state index contributed by atoms with van der Waals surface area (Å²) in [6, 6.07) is 20.4. The Labute approximate surface area is 196 Å². The molecule has 0 unspecified atom stereocenters. The van der Waals surface area contributed by atoms with Crippen molar-refractivity contribution in [1.29, 1.82) is 0 Å². The molecule has 166 valence electrons. The number of allylic oxidation sites excluding steroid dienone is 1. The van der Waals surface area contributed by atoms with Gasteiger partial charge in [-0.15, -0.1) is 0 Å². The second-order valence-electron chi connectivity index (χ2n) is 9.64. The number of aliphatic imine (C=N–C) groups is 1. The van der Waals surface area contributed by atoms with Gasteiger partial charge in [-0.1, -0.05) is 18.2 Å². The van der Waals surface area contributed by atoms with Crippen LogP contribution < -0.4 is 4.90 Å². The molecule has 2 aromatic carbocycles. The fraction of sp³-hybridized carbons (Fsp3) is 0.310. The molecular weight excluding hydrogens is 404 g/mol. The van der Waals surface area contributed by atoms with Crippen LogP contribution >= 0.6 is 0 Å². The molecule has 1 aromatic heterocycles. The van der Waals surface area contributed by atoms with Crippen LogP contribution in [0.5, 0.6) is 0 Å². The Morgan fingerprint density at radius 1 is 0.848 bits per heavy atom. The minimum Gasteiger partial charge on any atom is -0.369 e. The highest BCUT2D eigenvalue weighted by Crippen LogP contribution is 2.35. The maximum Gasteiger partial charge on any atom is 0.0670 e. The molecule has 0 spiro atoms. The standard InChI is InChI=1S/C29H30N4/c1-20(2)32-11-13-33(14-12-32)26-8-9-28-25(18-26)19-29(31-28)22-7-6-21-15-24(17-23(21)16-22)27-5-3-4-10-30-27/h3-10,15-16,18,20H,11-14,17,19H2,1-2H3. The molecule has 3 heterocycles. The Morgan fingerprint density at radius 3 is 2.52 bits per heavy atom. The van der Waals surface area contributed by atoms with Gasteiger partial charge in [-0.2, -0.15) is 0 Å². The van der Waals surface area contributed by atoms with Crippen molar-refractivity contribution in [3.05, 3.63) is 88.7 Å². The fourth-order valence-electron chi connectivity index (χ4n) is 5.29. The van der Waals surface area contributed by atoms with Crippen LogP contribution in [0.25, 0.3) is 11.6 Å². The van der Waals surface area contributed by atoms with E-state index in [0.29, 0.717) is 6.04 Å². The summed E-state index contributed by atoms with van der Waals surface area (Å²) in [6.45, 7) is 9.05. The summed E-state index contributed by atoms with van der Waals surface area (Å²) in [5, 5.41) is 0. The third kappa shape index (κ3) is 3.89. The number of nitrogens with zero attached hydrogens (tertiary/aromatic N) is 4. The van der Waals surface area contributed by atoms with Crippen molar-refractivity contribution in [2.75, 3.05) is 31.1 Å². The fourth-order valence-corrected chi connectivity index (χ4v) is 5.29. The molecule has 0 atom stereocenters. The van der Waals surface area contributed by atoms with Gasteiger partial charge in [-0.25, -0.2) is 0 Å². The van der Waals surface area contributed by atoms with Crippen LogP contribution in [0, 0.1) is 0 Å². The molecule has 33 heavy (non-hydrogen) atoms. The van der Waals surface area contributed by atoms with Crippen molar-refractivity contribution >= 4 is 28.7 Å². The van der Waals surface area contributed by atoms with Crippen LogP contribution in [0.4, 0.5) is 11.4 Å². The highest BCUT2D eigenvalue weighted by atomic mass is 15.3. The summed E-state index contributed by atoms with van der Waals surface area (Å²) in [6.07, 6.45) is 5.99. The van der Waals surface area contributed by atoms with Gasteiger partial charge in [0.05, 0.1) is 17.1 Å². The predicted molar refractivity (Wildman–Crippen MR) is 138 cm³/mol. The number of piperazine rings is 1. The summed E-state index contributed by atoms with van der Waals surface area (Å²) >= 11 is 0. The quantitative estimate of drug-likeness (QED) is 0.552. The van der Waals surface area contributed by atoms with Crippen LogP contribution in [-0.4, -0.2) is 47.8 Å². The third-order valence-corrected chi connectivity index (χ3v) is 7.27. The minimum absolute atomic E-state index is 0.630. The Morgan fingerprint density at radius 2 is 1.73 bits per heavy atom. The zero-order valence-electron chi connectivity index (χ0n) is 19.5. The number of hydrogen-bond acceptors (Lipinski definition) is 4. The van der Waals surface area contributed by atoms with Crippen LogP contribution in [-0.2, 0) is 12.8 Å². The van der Waals surface area contributed by atoms with Gasteiger partial charge in [0.1, 0.15) is 0 Å². The molecule has 4 heteroatoms. The topological polar surface area (TPSA) is 31.7 Å². The van der Waals surface area contributed by atoms with Crippen molar-refractivity contribution in [3.8, 4) is 0 Å². The third-order valence-electron chi connectivity index (χ3n) is 7.27. The maximum absolute atomic E-state index is 5.01. The molecule has 1 saturated heterocycles. The Hall–Kier alpha value is -3.24. The second kappa shape index (κ2) is 8.27. The van der Waals surface area contributed by atoms with E-state index in [1.807, 2.05) is 12.3 Å². The van der Waals surface area contributed by atoms with E-state index in [-0.39, 0.29) is 0 Å². The molecule has 1 fully saturated rings. The van der Waals surface area contributed by atoms with Crippen LogP contribution in [0.1, 0.15) is 41.8 Å². The van der Waals surface area contributed by atoms with Gasteiger partial charge in [0, 0.05) is 56.9 Å². The minimum atomic E-state index is 0.630. The number of fused-ring (bicyclic) bond motifs is 2. The van der Waals surface area contributed by atoms with Crippen LogP contribution in [0.2, 0.25) is 0 Å². The van der Waals surface area contributed by atoms with E-state index in [9.17, 15) is 0 Å². The highest BCUT2D eigenvalue weighted by molar-refractivity contribution is 6.07. The van der Waals surface area contributed by atoms with Crippen LogP contribution in [0.3, 0.4) is 0 Å². The van der Waals surface area contributed by atoms with Gasteiger partial charge in [0.15, 0.2) is 0 Å². The average molecular weight is 435 g/mol. The highest BCUT2D eigenvalue weighted by Gasteiger charge is 2.23. The van der Waals surface area contributed by atoms with E-state index in [1.54, 1.807) is 0 Å². The summed E-state index contributed by atoms with van der Waals surface area (Å²) in [7, 11) is 0. The monoisotopic (exact) mass is 434 g/mol. The molecule has 4 nitrogen and oxygen atoms in total. The molecule has 2 aliphatic heterocycles. The first kappa shape index (κ1) is 20.4. The molecule has 3 aromatic rings. The Kier molecular flexibility index (Phi) is 5.11. The van der Waals surface area contributed by atoms with E-state index in [2.05, 4.69) is 83.2 Å². The first-order valence-corrected chi connectivity index (χ1v) is 12.1. The lowest BCUT2D eigenvalue weighted by Gasteiger charge is -2.38. The summed E-state index contributed by atoms with van der Waals surface area (Å²) in [5.41, 5.74) is 11.3. The van der Waals surface area contributed by atoms with Crippen molar-refractivity contribution in [2.24, 2.45) is 4.99 Å². The lowest BCUT2D eigenvalue weighted by Crippen LogP contribution is -2.48. The normalized spacial score (nSPS) is 17.7. The van der Waals surface area contributed by atoms with Gasteiger partial charge in [-0.05, 0) is 84.1 Å². The molecule has 1 aliphatic carbocycles. The zero-order chi connectivity index (χ0) is 22.4. The van der Waals surface area contributed by atoms with Crippen molar-refractivity contribution < 1.29 is 0 Å². The first-order chi connectivity index (χ1) is 16.1. The van der Waals surface area contributed by atoms with E-state index >= 15 is 0 Å². The molecule has 0 bridgehead atoms. The molecular formula is C29H30N4. The van der Waals surface area contributed by atoms with Crippen LogP contribution in [0.15, 0.2) is 65.8 Å². The smallest absolute Gasteiger partial charge is 0.0670 e. The molecule has 6 rings (SSSR count). The van der Waals surface area contributed by atoms with Crippen molar-refractivity contribution in [1.82, 2.24) is 9.88 Å². The lowest BCUT2D eigenvalue weighted by molar-refractivity contribution is 0.209. The second-order valence-corrected chi connectivity index (χ2v) is 9.64. The SMILES string of the molecule is CC(C)N1CCN(c2ccc3c(c2)CC(c2ccc4c(c2)CC(c2ccccn2)=C4)=N3)CC1. The Bertz CT molecular complexity index is 1250. The largest absolute Gasteiger partial charge is 0.369 e. The number of hydrogen-bond donors (Lipinski definition) is 0. The zero-order valence-corrected chi connectivity index (χ0v) is 19.5. The first-order valence-electron chi connectivity index (χ1n) is 12.1. The predicted octanol–water partition coefficient (Wildman–Crippen LogP) is 5.39. The van der Waals surface area contributed by atoms with E-state index in [4.69, 9.17) is 4.99 Å². The molecule has 0 radical (unpaired) electrons. The number of benzene rings is 2. The van der Waals surface area contributed by atoms with Crippen molar-refractivity contribution in [2.45, 2.75) is 32.7 Å². The van der Waals surface area contributed by atoms with E-state index in [0.717, 1.165) is 50.4 Å². The number of aromatic nitrogens is 1. The number of pyridine rings is 1. The Balaban J connectivity index is 1.17. The van der Waals surface area contributed by atoms with E-state index < -0.39 is 0 Å². The molecule has 0 saturated carbocycles. The average Bonchev–Trinajstić information content (AvgIpc) is 3.48. The maximum atomic E-state index is 5.01.